The first-order valence-corrected chi connectivity index (χ1v) is 10.0. The lowest BCUT2D eigenvalue weighted by Crippen LogP contribution is -2.45. The van der Waals surface area contributed by atoms with Gasteiger partial charge in [-0.05, 0) is 37.6 Å². The molecule has 1 atom stereocenters. The number of nitrogens with zero attached hydrogens (tertiary/aromatic N) is 3. The van der Waals surface area contributed by atoms with Crippen molar-refractivity contribution in [1.82, 2.24) is 20.9 Å². The molecule has 1 aliphatic rings. The van der Waals surface area contributed by atoms with Crippen molar-refractivity contribution in [3.63, 3.8) is 0 Å². The van der Waals surface area contributed by atoms with E-state index < -0.39 is 11.6 Å². The van der Waals surface area contributed by atoms with E-state index in [4.69, 9.17) is 0 Å². The molecule has 2 heterocycles. The zero-order valence-electron chi connectivity index (χ0n) is 17.3. The fourth-order valence-electron chi connectivity index (χ4n) is 3.32. The Labute approximate surface area is 197 Å². The first kappa shape index (κ1) is 24.8. The maximum Gasteiger partial charge on any atom is 0.252 e. The van der Waals surface area contributed by atoms with Crippen molar-refractivity contribution in [2.75, 3.05) is 37.6 Å². The Morgan fingerprint density at radius 1 is 1.23 bits per heavy atom. The summed E-state index contributed by atoms with van der Waals surface area (Å²) in [6.07, 6.45) is 3.85. The van der Waals surface area contributed by atoms with Crippen LogP contribution in [0.2, 0.25) is 0 Å². The van der Waals surface area contributed by atoms with E-state index in [0.29, 0.717) is 44.2 Å². The van der Waals surface area contributed by atoms with Gasteiger partial charge in [0.25, 0.3) is 5.91 Å². The van der Waals surface area contributed by atoms with Gasteiger partial charge in [0.05, 0.1) is 12.1 Å². The highest BCUT2D eigenvalue weighted by Gasteiger charge is 2.27. The third-order valence-electron chi connectivity index (χ3n) is 4.72. The smallest absolute Gasteiger partial charge is 0.252 e. The van der Waals surface area contributed by atoms with Crippen molar-refractivity contribution >= 4 is 41.5 Å². The van der Waals surface area contributed by atoms with Crippen LogP contribution in [-0.2, 0) is 0 Å². The van der Waals surface area contributed by atoms with Gasteiger partial charge in [0.1, 0.15) is 17.3 Å². The molecule has 1 fully saturated rings. The van der Waals surface area contributed by atoms with Crippen LogP contribution < -0.4 is 20.9 Å². The maximum atomic E-state index is 14.0. The summed E-state index contributed by atoms with van der Waals surface area (Å²) in [5.41, 5.74) is 0.514. The largest absolute Gasteiger partial charge is 0.365 e. The molecule has 0 bridgehead atoms. The van der Waals surface area contributed by atoms with Crippen molar-refractivity contribution < 1.29 is 13.6 Å². The summed E-state index contributed by atoms with van der Waals surface area (Å²) in [6.45, 7) is 4.42. The number of para-hydroxylation sites is 1. The van der Waals surface area contributed by atoms with E-state index >= 15 is 0 Å². The SMILES string of the molecule is CCNC(=NCCNC(=O)c1cccnc1)NC1CCN(c2c(F)cccc2F)C1.I. The Kier molecular flexibility index (Phi) is 9.89. The number of hydrogen-bond donors (Lipinski definition) is 3. The summed E-state index contributed by atoms with van der Waals surface area (Å²) in [5.74, 6) is -0.704. The van der Waals surface area contributed by atoms with Crippen LogP contribution in [0.4, 0.5) is 14.5 Å². The normalized spacial score (nSPS) is 15.9. The molecule has 0 radical (unpaired) electrons. The summed E-state index contributed by atoms with van der Waals surface area (Å²) >= 11 is 0. The number of aromatic nitrogens is 1. The molecule has 3 N–H and O–H groups in total. The third-order valence-corrected chi connectivity index (χ3v) is 4.72. The predicted octanol–water partition coefficient (Wildman–Crippen LogP) is 2.54. The van der Waals surface area contributed by atoms with E-state index in [1.165, 1.54) is 24.4 Å². The van der Waals surface area contributed by atoms with Crippen molar-refractivity contribution in [1.29, 1.82) is 0 Å². The number of benzene rings is 1. The van der Waals surface area contributed by atoms with Gasteiger partial charge < -0.3 is 20.9 Å². The van der Waals surface area contributed by atoms with Crippen LogP contribution in [0.1, 0.15) is 23.7 Å². The predicted molar refractivity (Wildman–Crippen MR) is 128 cm³/mol. The number of guanidine groups is 1. The second-order valence-electron chi connectivity index (χ2n) is 6.90. The van der Waals surface area contributed by atoms with Crippen molar-refractivity contribution in [3.8, 4) is 0 Å². The minimum absolute atomic E-state index is 0. The molecule has 0 saturated carbocycles. The van der Waals surface area contributed by atoms with Gasteiger partial charge in [0.15, 0.2) is 5.96 Å². The van der Waals surface area contributed by atoms with Crippen LogP contribution in [0.25, 0.3) is 0 Å². The Hall–Kier alpha value is -2.50. The summed E-state index contributed by atoms with van der Waals surface area (Å²) in [7, 11) is 0. The van der Waals surface area contributed by atoms with Crippen LogP contribution in [0.5, 0.6) is 0 Å². The zero-order chi connectivity index (χ0) is 21.3. The van der Waals surface area contributed by atoms with Gasteiger partial charge in [0.2, 0.25) is 0 Å². The molecule has 1 saturated heterocycles. The molecule has 3 rings (SSSR count). The van der Waals surface area contributed by atoms with Gasteiger partial charge in [-0.2, -0.15) is 0 Å². The number of rotatable bonds is 7. The van der Waals surface area contributed by atoms with Crippen LogP contribution >= 0.6 is 24.0 Å². The molecule has 7 nitrogen and oxygen atoms in total. The highest BCUT2D eigenvalue weighted by atomic mass is 127. The topological polar surface area (TPSA) is 81.6 Å². The maximum absolute atomic E-state index is 14.0. The first-order chi connectivity index (χ1) is 14.6. The summed E-state index contributed by atoms with van der Waals surface area (Å²) in [5, 5.41) is 9.26. The Bertz CT molecular complexity index is 863. The lowest BCUT2D eigenvalue weighted by molar-refractivity contribution is 0.0954. The lowest BCUT2D eigenvalue weighted by atomic mass is 10.2. The molecule has 1 unspecified atom stereocenters. The van der Waals surface area contributed by atoms with E-state index in [1.54, 1.807) is 23.2 Å². The van der Waals surface area contributed by atoms with E-state index in [2.05, 4.69) is 25.9 Å². The third kappa shape index (κ3) is 7.01. The summed E-state index contributed by atoms with van der Waals surface area (Å²) in [6, 6.07) is 7.31. The molecule has 2 aromatic rings. The van der Waals surface area contributed by atoms with E-state index in [9.17, 15) is 13.6 Å². The summed E-state index contributed by atoms with van der Waals surface area (Å²) in [4.78, 5) is 22.1. The van der Waals surface area contributed by atoms with E-state index in [-0.39, 0.29) is 41.6 Å². The molecule has 1 aromatic heterocycles. The Morgan fingerprint density at radius 3 is 2.68 bits per heavy atom. The number of anilines is 1. The Balaban J connectivity index is 0.00000341. The average molecular weight is 544 g/mol. The molecular formula is C21H27F2IN6O. The fourth-order valence-corrected chi connectivity index (χ4v) is 3.32. The molecule has 0 spiro atoms. The van der Waals surface area contributed by atoms with Gasteiger partial charge in [0, 0.05) is 44.6 Å². The minimum atomic E-state index is -0.555. The van der Waals surface area contributed by atoms with Crippen molar-refractivity contribution in [2.45, 2.75) is 19.4 Å². The lowest BCUT2D eigenvalue weighted by Gasteiger charge is -2.21. The van der Waals surface area contributed by atoms with Crippen molar-refractivity contribution in [2.24, 2.45) is 4.99 Å². The number of aliphatic imine (C=N–C) groups is 1. The number of carbonyl (C=O) groups excluding carboxylic acids is 1. The van der Waals surface area contributed by atoms with Crippen LogP contribution in [0.15, 0.2) is 47.7 Å². The van der Waals surface area contributed by atoms with Crippen molar-refractivity contribution in [3.05, 3.63) is 59.9 Å². The molecule has 1 aliphatic heterocycles. The average Bonchev–Trinajstić information content (AvgIpc) is 3.19. The summed E-state index contributed by atoms with van der Waals surface area (Å²) < 4.78 is 28.1. The number of carbonyl (C=O) groups is 1. The molecule has 31 heavy (non-hydrogen) atoms. The van der Waals surface area contributed by atoms with Gasteiger partial charge in [-0.15, -0.1) is 24.0 Å². The second kappa shape index (κ2) is 12.4. The molecule has 168 valence electrons. The highest BCUT2D eigenvalue weighted by Crippen LogP contribution is 2.26. The zero-order valence-corrected chi connectivity index (χ0v) is 19.6. The number of halogens is 3. The standard InChI is InChI=1S/C21H26F2N6O.HI/c1-2-25-21(27-11-10-26-20(30)15-5-4-9-24-13-15)28-16-8-12-29(14-16)19-17(22)6-3-7-18(19)23;/h3-7,9,13,16H,2,8,10-12,14H2,1H3,(H,26,30)(H2,25,27,28);1H. The minimum Gasteiger partial charge on any atom is -0.365 e. The number of pyridine rings is 1. The monoisotopic (exact) mass is 544 g/mol. The van der Waals surface area contributed by atoms with Gasteiger partial charge in [-0.3, -0.25) is 14.8 Å². The van der Waals surface area contributed by atoms with Gasteiger partial charge in [-0.25, -0.2) is 8.78 Å². The second-order valence-corrected chi connectivity index (χ2v) is 6.90. The molecule has 0 aliphatic carbocycles. The quantitative estimate of drug-likeness (QED) is 0.216. The van der Waals surface area contributed by atoms with Gasteiger partial charge in [-0.1, -0.05) is 6.07 Å². The fraction of sp³-hybridized carbons (Fsp3) is 0.381. The van der Waals surface area contributed by atoms with Crippen LogP contribution in [0, 0.1) is 11.6 Å². The number of hydrogen-bond acceptors (Lipinski definition) is 4. The first-order valence-electron chi connectivity index (χ1n) is 10.0. The highest BCUT2D eigenvalue weighted by molar-refractivity contribution is 14.0. The number of amides is 1. The van der Waals surface area contributed by atoms with Crippen LogP contribution in [-0.4, -0.2) is 55.6 Å². The van der Waals surface area contributed by atoms with E-state index in [0.717, 1.165) is 6.42 Å². The molecule has 1 amide bonds. The Morgan fingerprint density at radius 2 is 2.00 bits per heavy atom. The molecular weight excluding hydrogens is 517 g/mol. The van der Waals surface area contributed by atoms with Gasteiger partial charge >= 0.3 is 0 Å². The molecule has 1 aromatic carbocycles. The van der Waals surface area contributed by atoms with Crippen LogP contribution in [0.3, 0.4) is 0 Å². The number of nitrogens with one attached hydrogen (secondary N) is 3. The molecule has 10 heteroatoms. The van der Waals surface area contributed by atoms with E-state index in [1.807, 2.05) is 6.92 Å².